The molecular weight excluding hydrogens is 502 g/mol. The second-order valence-corrected chi connectivity index (χ2v) is 12.6. The summed E-state index contributed by atoms with van der Waals surface area (Å²) < 4.78 is 5.60. The Hall–Kier alpha value is -2.72. The maximum Gasteiger partial charge on any atom is 0.286 e. The number of ketones is 1. The van der Waals surface area contributed by atoms with Gasteiger partial charge in [0.2, 0.25) is 11.7 Å². The van der Waals surface area contributed by atoms with Gasteiger partial charge in [-0.05, 0) is 50.9 Å². The summed E-state index contributed by atoms with van der Waals surface area (Å²) in [6.07, 6.45) is 4.06. The number of benzene rings is 1. The summed E-state index contributed by atoms with van der Waals surface area (Å²) in [5, 5.41) is 14.5. The predicted molar refractivity (Wildman–Crippen MR) is 148 cm³/mol. The normalized spacial score (nSPS) is 16.0. The first-order chi connectivity index (χ1) is 18.0. The van der Waals surface area contributed by atoms with E-state index in [1.54, 1.807) is 6.07 Å². The zero-order valence-corrected chi connectivity index (χ0v) is 24.2. The number of carbonyl (C=O) groups is 3. The van der Waals surface area contributed by atoms with E-state index in [0.717, 1.165) is 24.8 Å². The molecule has 208 valence electrons. The number of hydrogen-bond donors (Lipinski definition) is 2. The molecule has 10 heteroatoms. The van der Waals surface area contributed by atoms with Gasteiger partial charge in [0, 0.05) is 17.4 Å². The Morgan fingerprint density at radius 2 is 1.74 bits per heavy atom. The van der Waals surface area contributed by atoms with E-state index >= 15 is 0 Å². The van der Waals surface area contributed by atoms with Crippen LogP contribution in [0.15, 0.2) is 33.9 Å². The fourth-order valence-corrected chi connectivity index (χ4v) is 5.39. The zero-order valence-electron chi connectivity index (χ0n) is 23.4. The molecule has 1 saturated carbocycles. The Morgan fingerprint density at radius 3 is 2.37 bits per heavy atom. The largest absolute Gasteiger partial charge is 0.408 e. The summed E-state index contributed by atoms with van der Waals surface area (Å²) in [5.41, 5.74) is 0.347. The van der Waals surface area contributed by atoms with Crippen LogP contribution in [0.4, 0.5) is 0 Å². The van der Waals surface area contributed by atoms with Gasteiger partial charge in [-0.25, -0.2) is 0 Å². The van der Waals surface area contributed by atoms with E-state index in [0.29, 0.717) is 36.6 Å². The van der Waals surface area contributed by atoms with Gasteiger partial charge in [-0.15, -0.1) is 10.2 Å². The van der Waals surface area contributed by atoms with Crippen molar-refractivity contribution in [3.8, 4) is 0 Å². The van der Waals surface area contributed by atoms with Crippen LogP contribution in [0.5, 0.6) is 0 Å². The lowest BCUT2D eigenvalue weighted by Gasteiger charge is -2.38. The van der Waals surface area contributed by atoms with Crippen molar-refractivity contribution >= 4 is 29.4 Å². The first-order valence-corrected chi connectivity index (χ1v) is 14.3. The molecular formula is C28H41N5O4S. The van der Waals surface area contributed by atoms with Gasteiger partial charge in [-0.2, -0.15) is 0 Å². The lowest BCUT2D eigenvalue weighted by Crippen LogP contribution is -2.62. The van der Waals surface area contributed by atoms with Crippen LogP contribution in [0.1, 0.15) is 92.8 Å². The van der Waals surface area contributed by atoms with E-state index < -0.39 is 17.4 Å². The molecule has 0 saturated heterocycles. The minimum atomic E-state index is -1.09. The molecule has 2 aromatic rings. The SMILES string of the molecule is CC(C)CC(NC(=O)C1(NC(=O)c2ccccc2CN(C)C)CCCCC1)C(=O)c1nnc(SC(C)C)o1. The summed E-state index contributed by atoms with van der Waals surface area (Å²) >= 11 is 1.38. The van der Waals surface area contributed by atoms with Crippen molar-refractivity contribution in [3.63, 3.8) is 0 Å². The van der Waals surface area contributed by atoms with E-state index in [9.17, 15) is 14.4 Å². The molecule has 38 heavy (non-hydrogen) atoms. The van der Waals surface area contributed by atoms with Gasteiger partial charge in [-0.1, -0.05) is 76.9 Å². The summed E-state index contributed by atoms with van der Waals surface area (Å²) in [6.45, 7) is 8.57. The summed E-state index contributed by atoms with van der Waals surface area (Å²) in [6, 6.07) is 6.61. The molecule has 1 aliphatic rings. The Labute approximate surface area is 229 Å². The van der Waals surface area contributed by atoms with E-state index in [-0.39, 0.29) is 28.9 Å². The molecule has 9 nitrogen and oxygen atoms in total. The minimum Gasteiger partial charge on any atom is -0.408 e. The third-order valence-corrected chi connectivity index (χ3v) is 7.36. The third kappa shape index (κ3) is 7.89. The van der Waals surface area contributed by atoms with E-state index in [1.807, 2.05) is 64.9 Å². The van der Waals surface area contributed by atoms with E-state index in [2.05, 4.69) is 20.8 Å². The lowest BCUT2D eigenvalue weighted by atomic mass is 9.80. The number of amides is 2. The maximum atomic E-state index is 13.9. The van der Waals surface area contributed by atoms with E-state index in [1.165, 1.54) is 11.8 Å². The number of nitrogens with one attached hydrogen (secondary N) is 2. The van der Waals surface area contributed by atoms with Gasteiger partial charge < -0.3 is 20.0 Å². The second-order valence-electron chi connectivity index (χ2n) is 11.1. The third-order valence-electron chi connectivity index (χ3n) is 6.53. The fourth-order valence-electron chi connectivity index (χ4n) is 4.78. The number of Topliss-reactive ketones (excluding diaryl/α,β-unsaturated/α-hetero) is 1. The molecule has 1 aromatic heterocycles. The van der Waals surface area contributed by atoms with Gasteiger partial charge in [0.05, 0.1) is 6.04 Å². The molecule has 1 atom stereocenters. The molecule has 1 fully saturated rings. The van der Waals surface area contributed by atoms with Gasteiger partial charge in [-0.3, -0.25) is 14.4 Å². The highest BCUT2D eigenvalue weighted by Gasteiger charge is 2.43. The van der Waals surface area contributed by atoms with Gasteiger partial charge >= 0.3 is 0 Å². The van der Waals surface area contributed by atoms with Crippen LogP contribution in [0.25, 0.3) is 0 Å². The van der Waals surface area contributed by atoms with Crippen molar-refractivity contribution in [2.45, 2.75) is 94.8 Å². The zero-order chi connectivity index (χ0) is 27.9. The Balaban J connectivity index is 1.84. The molecule has 3 rings (SSSR count). The molecule has 1 aromatic carbocycles. The minimum absolute atomic E-state index is 0.113. The highest BCUT2D eigenvalue weighted by Crippen LogP contribution is 2.30. The van der Waals surface area contributed by atoms with Gasteiger partial charge in [0.15, 0.2) is 0 Å². The lowest BCUT2D eigenvalue weighted by molar-refractivity contribution is -0.129. The summed E-state index contributed by atoms with van der Waals surface area (Å²) in [5.74, 6) is -1.02. The smallest absolute Gasteiger partial charge is 0.286 e. The van der Waals surface area contributed by atoms with Crippen molar-refractivity contribution in [3.05, 3.63) is 41.3 Å². The number of rotatable bonds is 12. The van der Waals surface area contributed by atoms with E-state index in [4.69, 9.17) is 4.42 Å². The Morgan fingerprint density at radius 1 is 1.05 bits per heavy atom. The Bertz CT molecular complexity index is 1110. The molecule has 1 heterocycles. The van der Waals surface area contributed by atoms with Crippen LogP contribution in [-0.2, 0) is 11.3 Å². The van der Waals surface area contributed by atoms with Crippen LogP contribution in [0, 0.1) is 5.92 Å². The predicted octanol–water partition coefficient (Wildman–Crippen LogP) is 4.48. The first-order valence-electron chi connectivity index (χ1n) is 13.4. The van der Waals surface area contributed by atoms with Crippen molar-refractivity contribution in [1.29, 1.82) is 0 Å². The highest BCUT2D eigenvalue weighted by molar-refractivity contribution is 7.99. The number of thioether (sulfide) groups is 1. The molecule has 0 aliphatic heterocycles. The topological polar surface area (TPSA) is 117 Å². The van der Waals surface area contributed by atoms with Crippen LogP contribution >= 0.6 is 11.8 Å². The molecule has 1 unspecified atom stereocenters. The molecule has 0 spiro atoms. The standard InChI is InChI=1S/C28H41N5O4S/c1-18(2)16-22(23(34)25-31-32-27(37-25)38-19(3)4)29-26(36)28(14-10-7-11-15-28)30-24(35)21-13-9-8-12-20(21)17-33(5)6/h8-9,12-13,18-19,22H,7,10-11,14-17H2,1-6H3,(H,29,36)(H,30,35). The van der Waals surface area contributed by atoms with Crippen molar-refractivity contribution in [2.75, 3.05) is 14.1 Å². The fraction of sp³-hybridized carbons (Fsp3) is 0.607. The monoisotopic (exact) mass is 543 g/mol. The quantitative estimate of drug-likeness (QED) is 0.297. The number of aromatic nitrogens is 2. The molecule has 1 aliphatic carbocycles. The number of hydrogen-bond acceptors (Lipinski definition) is 8. The van der Waals surface area contributed by atoms with Crippen LogP contribution in [0.3, 0.4) is 0 Å². The first kappa shape index (κ1) is 29.8. The van der Waals surface area contributed by atoms with Crippen molar-refractivity contribution in [1.82, 2.24) is 25.7 Å². The average molecular weight is 544 g/mol. The number of carbonyl (C=O) groups excluding carboxylic acids is 3. The summed E-state index contributed by atoms with van der Waals surface area (Å²) in [4.78, 5) is 42.8. The van der Waals surface area contributed by atoms with Crippen LogP contribution in [0.2, 0.25) is 0 Å². The Kier molecular flexibility index (Phi) is 10.5. The summed E-state index contributed by atoms with van der Waals surface area (Å²) in [7, 11) is 3.90. The average Bonchev–Trinajstić information content (AvgIpc) is 3.31. The van der Waals surface area contributed by atoms with Crippen molar-refractivity contribution in [2.24, 2.45) is 5.92 Å². The maximum absolute atomic E-state index is 13.9. The molecule has 0 bridgehead atoms. The highest BCUT2D eigenvalue weighted by atomic mass is 32.2. The molecule has 0 radical (unpaired) electrons. The molecule has 2 amide bonds. The van der Waals surface area contributed by atoms with Crippen molar-refractivity contribution < 1.29 is 18.8 Å². The van der Waals surface area contributed by atoms with Gasteiger partial charge in [0.25, 0.3) is 17.0 Å². The second kappa shape index (κ2) is 13.4. The molecule has 2 N–H and O–H groups in total. The van der Waals surface area contributed by atoms with Crippen LogP contribution < -0.4 is 10.6 Å². The number of nitrogens with zero attached hydrogens (tertiary/aromatic N) is 3. The van der Waals surface area contributed by atoms with Gasteiger partial charge in [0.1, 0.15) is 5.54 Å². The van der Waals surface area contributed by atoms with Crippen LogP contribution in [-0.4, -0.2) is 63.6 Å².